The molecule has 1 heteroatoms. The molecule has 1 heterocycles. The van der Waals surface area contributed by atoms with Crippen LogP contribution in [0.1, 0.15) is 50.7 Å². The molecular weight excluding hydrogens is 278 g/mol. The Kier molecular flexibility index (Phi) is 5.38. The van der Waals surface area contributed by atoms with Gasteiger partial charge < -0.3 is 4.90 Å². The van der Waals surface area contributed by atoms with Gasteiger partial charge in [-0.3, -0.25) is 0 Å². The lowest BCUT2D eigenvalue weighted by molar-refractivity contribution is 0.535. The molecule has 122 valence electrons. The lowest BCUT2D eigenvalue weighted by Gasteiger charge is -2.21. The minimum Gasteiger partial charge on any atom is -0.372 e. The molecule has 1 atom stereocenters. The molecule has 1 fully saturated rings. The maximum Gasteiger partial charge on any atom is 0.0369 e. The number of rotatable bonds is 1. The van der Waals surface area contributed by atoms with Crippen molar-refractivity contribution in [1.82, 2.24) is 0 Å². The molecule has 1 aromatic rings. The Morgan fingerprint density at radius 3 is 2.74 bits per heavy atom. The summed E-state index contributed by atoms with van der Waals surface area (Å²) in [6.45, 7) is 7.00. The predicted octanol–water partition coefficient (Wildman–Crippen LogP) is 5.77. The average Bonchev–Trinajstić information content (AvgIpc) is 3.06. The van der Waals surface area contributed by atoms with Crippen molar-refractivity contribution in [2.24, 2.45) is 5.92 Å². The van der Waals surface area contributed by atoms with Gasteiger partial charge in [0.05, 0.1) is 0 Å². The zero-order valence-corrected chi connectivity index (χ0v) is 14.6. The van der Waals surface area contributed by atoms with Crippen LogP contribution in [0.15, 0.2) is 48.1 Å². The maximum atomic E-state index is 2.54. The highest BCUT2D eigenvalue weighted by Gasteiger charge is 2.14. The lowest BCUT2D eigenvalue weighted by atomic mass is 9.92. The van der Waals surface area contributed by atoms with Crippen molar-refractivity contribution in [2.45, 2.75) is 46.0 Å². The number of hydrogen-bond acceptors (Lipinski definition) is 1. The molecule has 0 bridgehead atoms. The summed E-state index contributed by atoms with van der Waals surface area (Å²) in [7, 11) is 0. The molecule has 2 aliphatic rings. The van der Waals surface area contributed by atoms with Crippen LogP contribution >= 0.6 is 0 Å². The fraction of sp³-hybridized carbons (Fsp3) is 0.455. The third kappa shape index (κ3) is 4.37. The molecule has 1 aliphatic heterocycles. The van der Waals surface area contributed by atoms with E-state index in [2.05, 4.69) is 67.3 Å². The summed E-state index contributed by atoms with van der Waals surface area (Å²) >= 11 is 0. The van der Waals surface area contributed by atoms with Gasteiger partial charge in [-0.15, -0.1) is 0 Å². The first-order chi connectivity index (χ1) is 11.2. The SMILES string of the molecule is CC1=C/C=C/c2ccc(N3CCCC3)cc2CC(C)CCC=C1. The third-order valence-corrected chi connectivity index (χ3v) is 5.01. The number of nitrogens with zero attached hydrogens (tertiary/aromatic N) is 1. The van der Waals surface area contributed by atoms with Crippen molar-refractivity contribution in [3.8, 4) is 0 Å². The topological polar surface area (TPSA) is 3.24 Å². The van der Waals surface area contributed by atoms with Crippen LogP contribution in [0, 0.1) is 5.92 Å². The molecule has 0 saturated carbocycles. The zero-order chi connectivity index (χ0) is 16.1. The van der Waals surface area contributed by atoms with E-state index in [1.165, 1.54) is 67.6 Å². The minimum absolute atomic E-state index is 0.726. The standard InChI is InChI=1S/C22H29N/c1-18-8-3-4-9-19(2)16-21-17-22(23-14-5-6-15-23)13-12-20(21)11-7-10-18/h3,7-8,10-13,17,19H,4-6,9,14-16H2,1-2H3/b8-3?,11-7+,18-10?. The van der Waals surface area contributed by atoms with Crippen molar-refractivity contribution in [1.29, 1.82) is 0 Å². The maximum absolute atomic E-state index is 2.54. The van der Waals surface area contributed by atoms with Crippen LogP contribution in [-0.4, -0.2) is 13.1 Å². The Balaban J connectivity index is 1.91. The van der Waals surface area contributed by atoms with Gasteiger partial charge in [0.2, 0.25) is 0 Å². The number of allylic oxidation sites excluding steroid dienone is 5. The molecular formula is C22H29N. The van der Waals surface area contributed by atoms with Crippen molar-refractivity contribution >= 4 is 11.8 Å². The molecule has 1 unspecified atom stereocenters. The molecule has 1 aromatic carbocycles. The molecule has 1 aliphatic carbocycles. The quantitative estimate of drug-likeness (QED) is 0.636. The Hall–Kier alpha value is -1.76. The van der Waals surface area contributed by atoms with Crippen molar-refractivity contribution in [3.63, 3.8) is 0 Å². The molecule has 23 heavy (non-hydrogen) atoms. The van der Waals surface area contributed by atoms with Crippen molar-refractivity contribution < 1.29 is 0 Å². The van der Waals surface area contributed by atoms with E-state index in [-0.39, 0.29) is 0 Å². The minimum atomic E-state index is 0.726. The van der Waals surface area contributed by atoms with E-state index in [0.717, 1.165) is 5.92 Å². The molecule has 0 N–H and O–H groups in total. The molecule has 3 rings (SSSR count). The van der Waals surface area contributed by atoms with Crippen LogP contribution in [0.4, 0.5) is 5.69 Å². The molecule has 0 aromatic heterocycles. The van der Waals surface area contributed by atoms with Crippen molar-refractivity contribution in [3.05, 3.63) is 59.2 Å². The Bertz CT molecular complexity index is 615. The predicted molar refractivity (Wildman–Crippen MR) is 102 cm³/mol. The van der Waals surface area contributed by atoms with Crippen LogP contribution in [0.3, 0.4) is 0 Å². The second-order valence-corrected chi connectivity index (χ2v) is 7.14. The van der Waals surface area contributed by atoms with Gasteiger partial charge in [-0.05, 0) is 68.2 Å². The highest BCUT2D eigenvalue weighted by molar-refractivity contribution is 5.62. The summed E-state index contributed by atoms with van der Waals surface area (Å²) in [4.78, 5) is 2.54. The lowest BCUT2D eigenvalue weighted by Crippen LogP contribution is -2.18. The molecule has 0 amide bonds. The second-order valence-electron chi connectivity index (χ2n) is 7.14. The van der Waals surface area contributed by atoms with Crippen LogP contribution in [0.5, 0.6) is 0 Å². The number of anilines is 1. The summed E-state index contributed by atoms with van der Waals surface area (Å²) in [5, 5.41) is 0. The third-order valence-electron chi connectivity index (χ3n) is 5.01. The average molecular weight is 307 g/mol. The van der Waals surface area contributed by atoms with Crippen molar-refractivity contribution in [2.75, 3.05) is 18.0 Å². The number of benzene rings is 1. The smallest absolute Gasteiger partial charge is 0.0369 e. The first-order valence-corrected chi connectivity index (χ1v) is 9.12. The zero-order valence-electron chi connectivity index (χ0n) is 14.6. The summed E-state index contributed by atoms with van der Waals surface area (Å²) in [6.07, 6.45) is 17.5. The van der Waals surface area contributed by atoms with Gasteiger partial charge in [0.15, 0.2) is 0 Å². The van der Waals surface area contributed by atoms with E-state index >= 15 is 0 Å². The van der Waals surface area contributed by atoms with E-state index in [9.17, 15) is 0 Å². The summed E-state index contributed by atoms with van der Waals surface area (Å²) in [5.74, 6) is 0.726. The van der Waals surface area contributed by atoms with Crippen LogP contribution in [0.25, 0.3) is 6.08 Å². The van der Waals surface area contributed by atoms with Gasteiger partial charge in [-0.1, -0.05) is 48.9 Å². The van der Waals surface area contributed by atoms with Crippen LogP contribution in [0.2, 0.25) is 0 Å². The monoisotopic (exact) mass is 307 g/mol. The molecule has 1 nitrogen and oxygen atoms in total. The summed E-state index contributed by atoms with van der Waals surface area (Å²) in [5.41, 5.74) is 5.63. The van der Waals surface area contributed by atoms with Gasteiger partial charge in [0, 0.05) is 18.8 Å². The normalized spacial score (nSPS) is 23.7. The highest BCUT2D eigenvalue weighted by Crippen LogP contribution is 2.27. The number of hydrogen-bond donors (Lipinski definition) is 0. The number of fused-ring (bicyclic) bond motifs is 1. The van der Waals surface area contributed by atoms with Crippen LogP contribution in [-0.2, 0) is 6.42 Å². The summed E-state index contributed by atoms with van der Waals surface area (Å²) < 4.78 is 0. The van der Waals surface area contributed by atoms with Crippen LogP contribution < -0.4 is 4.90 Å². The first-order valence-electron chi connectivity index (χ1n) is 9.12. The Labute approximate surface area is 141 Å². The summed E-state index contributed by atoms with van der Waals surface area (Å²) in [6, 6.07) is 7.07. The largest absolute Gasteiger partial charge is 0.372 e. The highest BCUT2D eigenvalue weighted by atomic mass is 15.1. The van der Waals surface area contributed by atoms with Gasteiger partial charge in [0.25, 0.3) is 0 Å². The van der Waals surface area contributed by atoms with E-state index in [4.69, 9.17) is 0 Å². The first kappa shape index (κ1) is 16.1. The van der Waals surface area contributed by atoms with E-state index in [1.54, 1.807) is 0 Å². The molecule has 0 spiro atoms. The second kappa shape index (κ2) is 7.68. The fourth-order valence-corrected chi connectivity index (χ4v) is 3.59. The van der Waals surface area contributed by atoms with Gasteiger partial charge >= 0.3 is 0 Å². The molecule has 1 saturated heterocycles. The van der Waals surface area contributed by atoms with Gasteiger partial charge in [-0.2, -0.15) is 0 Å². The fourth-order valence-electron chi connectivity index (χ4n) is 3.59. The van der Waals surface area contributed by atoms with E-state index < -0.39 is 0 Å². The Morgan fingerprint density at radius 2 is 1.91 bits per heavy atom. The van der Waals surface area contributed by atoms with Gasteiger partial charge in [-0.25, -0.2) is 0 Å². The Morgan fingerprint density at radius 1 is 1.09 bits per heavy atom. The van der Waals surface area contributed by atoms with E-state index in [0.29, 0.717) is 0 Å². The van der Waals surface area contributed by atoms with E-state index in [1.807, 2.05) is 0 Å². The van der Waals surface area contributed by atoms with Gasteiger partial charge in [0.1, 0.15) is 0 Å². The molecule has 0 radical (unpaired) electrons.